The Morgan fingerprint density at radius 1 is 1.00 bits per heavy atom. The Labute approximate surface area is 182 Å². The van der Waals surface area contributed by atoms with Crippen LogP contribution in [0, 0.1) is 17.3 Å². The predicted octanol–water partition coefficient (Wildman–Crippen LogP) is -2.15. The molecule has 11 atom stereocenters. The van der Waals surface area contributed by atoms with E-state index in [9.17, 15) is 40.9 Å². The van der Waals surface area contributed by atoms with E-state index >= 15 is 0 Å². The molecule has 3 fully saturated rings. The minimum absolute atomic E-state index is 0.244. The van der Waals surface area contributed by atoms with E-state index in [1.807, 2.05) is 0 Å². The molecule has 3 aliphatic rings. The first-order valence-corrected chi connectivity index (χ1v) is 11.0. The SMILES string of the molecule is CC(C)(O)[C@@H]1CC[C@@]2(CO)C([C@@H]1O[C@@H]1O[C@H](CO)[C@@H](O)[C@H](O)[C@H]1O)[C@@](C)(O)CC[C@@H]2O. The zero-order valence-corrected chi connectivity index (χ0v) is 18.3. The molecule has 2 saturated carbocycles. The van der Waals surface area contributed by atoms with E-state index in [4.69, 9.17) is 9.47 Å². The van der Waals surface area contributed by atoms with E-state index < -0.39 is 84.6 Å². The highest BCUT2D eigenvalue weighted by molar-refractivity contribution is 5.12. The van der Waals surface area contributed by atoms with Gasteiger partial charge in [-0.2, -0.15) is 0 Å². The van der Waals surface area contributed by atoms with Crippen LogP contribution in [0.25, 0.3) is 0 Å². The first-order chi connectivity index (χ1) is 14.3. The van der Waals surface area contributed by atoms with Gasteiger partial charge in [0.2, 0.25) is 0 Å². The summed E-state index contributed by atoms with van der Waals surface area (Å²) in [6, 6.07) is 0. The van der Waals surface area contributed by atoms with Crippen LogP contribution >= 0.6 is 0 Å². The molecule has 31 heavy (non-hydrogen) atoms. The van der Waals surface area contributed by atoms with Gasteiger partial charge < -0.3 is 50.3 Å². The standard InChI is InChI=1S/C21H38O10/c1-19(2,28)10-4-7-21(9-23)12(24)5-6-20(3,29)17(21)16(10)31-18-15(27)14(26)13(25)11(8-22)30-18/h10-18,22-29H,4-9H2,1-3H3/t10-,11-,12+,13-,14+,15-,16-,17?,18+,20+,21+/m1/s1. The average Bonchev–Trinajstić information content (AvgIpc) is 2.70. The van der Waals surface area contributed by atoms with Gasteiger partial charge in [-0.05, 0) is 46.5 Å². The Hall–Kier alpha value is -0.400. The molecule has 0 amide bonds. The van der Waals surface area contributed by atoms with E-state index in [1.54, 1.807) is 20.8 Å². The molecule has 10 nitrogen and oxygen atoms in total. The normalized spacial score (nSPS) is 51.4. The summed E-state index contributed by atoms with van der Waals surface area (Å²) in [6.45, 7) is 3.78. The van der Waals surface area contributed by atoms with Gasteiger partial charge in [0.25, 0.3) is 0 Å². The molecular formula is C21H38O10. The fourth-order valence-electron chi connectivity index (χ4n) is 6.07. The van der Waals surface area contributed by atoms with Gasteiger partial charge in [-0.25, -0.2) is 0 Å². The molecular weight excluding hydrogens is 412 g/mol. The summed E-state index contributed by atoms with van der Waals surface area (Å²) in [5.74, 6) is -1.37. The van der Waals surface area contributed by atoms with Gasteiger partial charge in [0.05, 0.1) is 36.6 Å². The van der Waals surface area contributed by atoms with Crippen LogP contribution in [0.2, 0.25) is 0 Å². The maximum absolute atomic E-state index is 11.3. The molecule has 0 bridgehead atoms. The second-order valence-corrected chi connectivity index (χ2v) is 10.4. The minimum atomic E-state index is -1.65. The molecule has 0 aromatic heterocycles. The number of fused-ring (bicyclic) bond motifs is 1. The largest absolute Gasteiger partial charge is 0.396 e. The van der Waals surface area contributed by atoms with Crippen molar-refractivity contribution in [1.29, 1.82) is 0 Å². The molecule has 8 N–H and O–H groups in total. The Bertz CT molecular complexity index is 620. The molecule has 182 valence electrons. The molecule has 0 radical (unpaired) electrons. The highest BCUT2D eigenvalue weighted by atomic mass is 16.7. The number of aliphatic hydroxyl groups is 8. The molecule has 1 aliphatic heterocycles. The van der Waals surface area contributed by atoms with Crippen molar-refractivity contribution in [3.8, 4) is 0 Å². The third-order valence-corrected chi connectivity index (χ3v) is 7.86. The van der Waals surface area contributed by atoms with E-state index in [0.717, 1.165) is 0 Å². The Morgan fingerprint density at radius 2 is 1.65 bits per heavy atom. The molecule has 1 heterocycles. The van der Waals surface area contributed by atoms with Crippen LogP contribution in [-0.4, -0.2) is 108 Å². The molecule has 1 unspecified atom stereocenters. The zero-order chi connectivity index (χ0) is 23.4. The first-order valence-electron chi connectivity index (χ1n) is 11.0. The van der Waals surface area contributed by atoms with Crippen molar-refractivity contribution in [2.75, 3.05) is 13.2 Å². The Morgan fingerprint density at radius 3 is 2.19 bits per heavy atom. The van der Waals surface area contributed by atoms with Gasteiger partial charge in [0, 0.05) is 17.3 Å². The van der Waals surface area contributed by atoms with E-state index in [1.165, 1.54) is 0 Å². The van der Waals surface area contributed by atoms with Crippen molar-refractivity contribution in [2.24, 2.45) is 17.3 Å². The summed E-state index contributed by atoms with van der Waals surface area (Å²) >= 11 is 0. The van der Waals surface area contributed by atoms with Crippen molar-refractivity contribution in [1.82, 2.24) is 0 Å². The number of ether oxygens (including phenoxy) is 2. The van der Waals surface area contributed by atoms with Crippen LogP contribution in [0.3, 0.4) is 0 Å². The summed E-state index contributed by atoms with van der Waals surface area (Å²) in [7, 11) is 0. The van der Waals surface area contributed by atoms with Gasteiger partial charge in [-0.3, -0.25) is 0 Å². The molecule has 0 spiro atoms. The monoisotopic (exact) mass is 450 g/mol. The van der Waals surface area contributed by atoms with Crippen LogP contribution < -0.4 is 0 Å². The second-order valence-electron chi connectivity index (χ2n) is 10.4. The third-order valence-electron chi connectivity index (χ3n) is 7.86. The smallest absolute Gasteiger partial charge is 0.186 e. The lowest BCUT2D eigenvalue weighted by molar-refractivity contribution is -0.345. The molecule has 0 aromatic rings. The van der Waals surface area contributed by atoms with Crippen molar-refractivity contribution < 1.29 is 50.3 Å². The topological polar surface area (TPSA) is 180 Å². The first kappa shape index (κ1) is 25.2. The fraction of sp³-hybridized carbons (Fsp3) is 1.00. The van der Waals surface area contributed by atoms with E-state index in [0.29, 0.717) is 19.3 Å². The maximum atomic E-state index is 11.3. The van der Waals surface area contributed by atoms with Gasteiger partial charge in [-0.15, -0.1) is 0 Å². The lowest BCUT2D eigenvalue weighted by atomic mass is 9.49. The lowest BCUT2D eigenvalue weighted by Crippen LogP contribution is -2.69. The summed E-state index contributed by atoms with van der Waals surface area (Å²) in [5.41, 5.74) is -3.70. The van der Waals surface area contributed by atoms with Crippen LogP contribution in [0.4, 0.5) is 0 Å². The molecule has 1 saturated heterocycles. The minimum Gasteiger partial charge on any atom is -0.396 e. The molecule has 0 aromatic carbocycles. The third kappa shape index (κ3) is 4.28. The lowest BCUT2D eigenvalue weighted by Gasteiger charge is -2.61. The van der Waals surface area contributed by atoms with Crippen molar-refractivity contribution >= 4 is 0 Å². The number of hydrogen-bond donors (Lipinski definition) is 8. The summed E-state index contributed by atoms with van der Waals surface area (Å²) in [5, 5.41) is 83.5. The Balaban J connectivity index is 2.01. The maximum Gasteiger partial charge on any atom is 0.186 e. The molecule has 3 rings (SSSR count). The van der Waals surface area contributed by atoms with Gasteiger partial charge in [-0.1, -0.05) is 0 Å². The molecule has 10 heteroatoms. The average molecular weight is 451 g/mol. The highest BCUT2D eigenvalue weighted by Crippen LogP contribution is 2.58. The molecule has 2 aliphatic carbocycles. The van der Waals surface area contributed by atoms with Gasteiger partial charge in [0.1, 0.15) is 24.4 Å². The van der Waals surface area contributed by atoms with Crippen LogP contribution in [-0.2, 0) is 9.47 Å². The summed E-state index contributed by atoms with van der Waals surface area (Å²) in [6.07, 6.45) is -8.07. The fourth-order valence-corrected chi connectivity index (χ4v) is 6.07. The predicted molar refractivity (Wildman–Crippen MR) is 107 cm³/mol. The van der Waals surface area contributed by atoms with Gasteiger partial charge in [0.15, 0.2) is 6.29 Å². The van der Waals surface area contributed by atoms with Crippen molar-refractivity contribution in [3.63, 3.8) is 0 Å². The Kier molecular flexibility index (Phi) is 7.12. The van der Waals surface area contributed by atoms with Crippen LogP contribution in [0.5, 0.6) is 0 Å². The number of hydrogen-bond acceptors (Lipinski definition) is 10. The van der Waals surface area contributed by atoms with Gasteiger partial charge >= 0.3 is 0 Å². The summed E-state index contributed by atoms with van der Waals surface area (Å²) in [4.78, 5) is 0. The quantitative estimate of drug-likeness (QED) is 0.230. The van der Waals surface area contributed by atoms with E-state index in [2.05, 4.69) is 0 Å². The van der Waals surface area contributed by atoms with Crippen LogP contribution in [0.15, 0.2) is 0 Å². The van der Waals surface area contributed by atoms with Crippen molar-refractivity contribution in [2.45, 2.75) is 101 Å². The highest BCUT2D eigenvalue weighted by Gasteiger charge is 2.64. The van der Waals surface area contributed by atoms with E-state index in [-0.39, 0.29) is 6.42 Å². The zero-order valence-electron chi connectivity index (χ0n) is 18.3. The van der Waals surface area contributed by atoms with Crippen LogP contribution in [0.1, 0.15) is 46.5 Å². The van der Waals surface area contributed by atoms with Crippen molar-refractivity contribution in [3.05, 3.63) is 0 Å². The second kappa shape index (κ2) is 8.75. The number of rotatable bonds is 5. The number of aliphatic hydroxyl groups excluding tert-OH is 6. The summed E-state index contributed by atoms with van der Waals surface area (Å²) < 4.78 is 11.6.